The maximum absolute atomic E-state index is 2.60. The minimum atomic E-state index is 0.568. The summed E-state index contributed by atoms with van der Waals surface area (Å²) < 4.78 is 5.27. The fourth-order valence-electron chi connectivity index (χ4n) is 12.6. The average Bonchev–Trinajstić information content (AvgIpc) is 4.02. The summed E-state index contributed by atoms with van der Waals surface area (Å²) in [5, 5.41) is 13.0. The van der Waals surface area contributed by atoms with Crippen LogP contribution >= 0.6 is 22.7 Å². The first-order valence-corrected chi connectivity index (χ1v) is 27.3. The Morgan fingerprint density at radius 2 is 0.686 bits per heavy atom. The molecular formula is C66H54N2S2. The molecule has 340 valence electrons. The van der Waals surface area contributed by atoms with Gasteiger partial charge in [0.2, 0.25) is 0 Å². The minimum absolute atomic E-state index is 0.568. The summed E-state index contributed by atoms with van der Waals surface area (Å²) in [7, 11) is 0. The van der Waals surface area contributed by atoms with E-state index in [4.69, 9.17) is 0 Å². The molecule has 2 saturated carbocycles. The summed E-state index contributed by atoms with van der Waals surface area (Å²) >= 11 is 3.83. The van der Waals surface area contributed by atoms with Crippen molar-refractivity contribution in [2.24, 2.45) is 0 Å². The van der Waals surface area contributed by atoms with Crippen molar-refractivity contribution in [3.8, 4) is 0 Å². The van der Waals surface area contributed by atoms with E-state index in [1.54, 1.807) is 0 Å². The fraction of sp³-hybridized carbons (Fsp3) is 0.182. The van der Waals surface area contributed by atoms with Crippen LogP contribution in [0.5, 0.6) is 0 Å². The number of hydrogen-bond donors (Lipinski definition) is 0. The molecule has 2 aromatic heterocycles. The molecule has 2 heterocycles. The lowest BCUT2D eigenvalue weighted by atomic mass is 9.82. The van der Waals surface area contributed by atoms with Crippen LogP contribution in [0.3, 0.4) is 0 Å². The zero-order valence-corrected chi connectivity index (χ0v) is 41.0. The largest absolute Gasteiger partial charge is 0.308 e. The molecule has 10 aromatic carbocycles. The van der Waals surface area contributed by atoms with Crippen molar-refractivity contribution in [3.05, 3.63) is 205 Å². The lowest BCUT2D eigenvalue weighted by molar-refractivity contribution is 0.444. The van der Waals surface area contributed by atoms with Crippen LogP contribution in [0.4, 0.5) is 34.1 Å². The monoisotopic (exact) mass is 938 g/mol. The highest BCUT2D eigenvalue weighted by Gasteiger charge is 2.27. The standard InChI is InChI=1S/C66H54N2S2/c1-5-19-43(20-6-1)45-35-37-49-55-42-62(68(48-25-11-4-12-26-48)60-32-18-30-54-52-28-14-16-34-64(52)70-66(54)60)58-40-46(44-21-7-2-8-22-44)36-38-50(58)56(55)41-61(57(49)39-45)67(47-23-9-3-10-24-47)59-31-17-29-53-51-27-13-15-33-63(51)69-65(53)59/h3-4,9-18,23-44H,1-2,5-8,19-22H2. The first kappa shape index (κ1) is 41.9. The van der Waals surface area contributed by atoms with Crippen LogP contribution in [0.2, 0.25) is 0 Å². The number of thiophene rings is 2. The lowest BCUT2D eigenvalue weighted by Crippen LogP contribution is -2.12. The van der Waals surface area contributed by atoms with Crippen LogP contribution in [-0.4, -0.2) is 0 Å². The molecule has 2 fully saturated rings. The Bertz CT molecular complexity index is 3670. The Morgan fingerprint density at radius 3 is 1.13 bits per heavy atom. The summed E-state index contributed by atoms with van der Waals surface area (Å²) in [5.41, 5.74) is 10.2. The molecule has 70 heavy (non-hydrogen) atoms. The molecule has 2 nitrogen and oxygen atoms in total. The summed E-state index contributed by atoms with van der Waals surface area (Å²) in [6.45, 7) is 0. The van der Waals surface area contributed by atoms with E-state index in [1.807, 2.05) is 22.7 Å². The Kier molecular flexibility index (Phi) is 10.5. The van der Waals surface area contributed by atoms with Gasteiger partial charge in [-0.2, -0.15) is 0 Å². The number of anilines is 6. The van der Waals surface area contributed by atoms with Gasteiger partial charge in [-0.15, -0.1) is 22.7 Å². The van der Waals surface area contributed by atoms with E-state index in [2.05, 4.69) is 204 Å². The SMILES string of the molecule is c1ccc(N(c2cc3c4ccc(C5CCCCC5)cc4c(N(c4ccccc4)c4cccc5c4sc4ccccc45)cc3c3ccc(C4CCCCC4)cc23)c2cccc3c2sc2ccccc23)cc1. The second-order valence-electron chi connectivity index (χ2n) is 20.0. The van der Waals surface area contributed by atoms with E-state index in [-0.39, 0.29) is 0 Å². The van der Waals surface area contributed by atoms with E-state index >= 15 is 0 Å². The number of para-hydroxylation sites is 2. The van der Waals surface area contributed by atoms with E-state index < -0.39 is 0 Å². The molecule has 0 saturated heterocycles. The van der Waals surface area contributed by atoms with Gasteiger partial charge in [-0.25, -0.2) is 0 Å². The molecule has 0 aliphatic heterocycles. The molecule has 12 aromatic rings. The quantitative estimate of drug-likeness (QED) is 0.140. The van der Waals surface area contributed by atoms with Gasteiger partial charge >= 0.3 is 0 Å². The maximum atomic E-state index is 2.60. The fourth-order valence-corrected chi connectivity index (χ4v) is 15.0. The Labute approximate surface area is 418 Å². The van der Waals surface area contributed by atoms with Gasteiger partial charge in [-0.05, 0) is 143 Å². The smallest absolute Gasteiger partial charge is 0.0640 e. The first-order chi connectivity index (χ1) is 34.7. The summed E-state index contributed by atoms with van der Waals surface area (Å²) in [6.07, 6.45) is 12.9. The number of fused-ring (bicyclic) bond motifs is 11. The Morgan fingerprint density at radius 1 is 0.286 bits per heavy atom. The third-order valence-corrected chi connectivity index (χ3v) is 18.4. The predicted molar refractivity (Wildman–Crippen MR) is 306 cm³/mol. The Balaban J connectivity index is 1.11. The van der Waals surface area contributed by atoms with Crippen molar-refractivity contribution in [3.63, 3.8) is 0 Å². The maximum Gasteiger partial charge on any atom is 0.0640 e. The zero-order valence-electron chi connectivity index (χ0n) is 39.4. The summed E-state index contributed by atoms with van der Waals surface area (Å²) in [4.78, 5) is 5.19. The van der Waals surface area contributed by atoms with Crippen molar-refractivity contribution in [1.29, 1.82) is 0 Å². The van der Waals surface area contributed by atoms with Gasteiger partial charge in [-0.3, -0.25) is 0 Å². The first-order valence-electron chi connectivity index (χ1n) is 25.7. The molecule has 2 aliphatic rings. The van der Waals surface area contributed by atoms with E-state index in [0.29, 0.717) is 11.8 Å². The lowest BCUT2D eigenvalue weighted by Gasteiger charge is -2.31. The molecule has 14 rings (SSSR count). The van der Waals surface area contributed by atoms with Gasteiger partial charge in [-0.1, -0.05) is 160 Å². The third-order valence-electron chi connectivity index (χ3n) is 16.0. The predicted octanol–water partition coefficient (Wildman–Crippen LogP) is 20.9. The van der Waals surface area contributed by atoms with Gasteiger partial charge < -0.3 is 9.80 Å². The van der Waals surface area contributed by atoms with Crippen LogP contribution < -0.4 is 9.80 Å². The van der Waals surface area contributed by atoms with Crippen LogP contribution in [0.15, 0.2) is 194 Å². The third kappa shape index (κ3) is 7.01. The summed E-state index contributed by atoms with van der Waals surface area (Å²) in [6, 6.07) is 74.4. The van der Waals surface area contributed by atoms with Crippen LogP contribution in [0, 0.1) is 0 Å². The molecule has 4 heteroatoms. The molecule has 0 unspecified atom stereocenters. The van der Waals surface area contributed by atoms with E-state index in [0.717, 1.165) is 0 Å². The van der Waals surface area contributed by atoms with Crippen molar-refractivity contribution >= 4 is 129 Å². The van der Waals surface area contributed by atoms with Gasteiger partial charge in [0.25, 0.3) is 0 Å². The summed E-state index contributed by atoms with van der Waals surface area (Å²) in [5.74, 6) is 1.14. The van der Waals surface area contributed by atoms with Crippen molar-refractivity contribution < 1.29 is 0 Å². The number of nitrogens with zero attached hydrogens (tertiary/aromatic N) is 2. The molecule has 0 spiro atoms. The van der Waals surface area contributed by atoms with Crippen LogP contribution in [-0.2, 0) is 0 Å². The second kappa shape index (κ2) is 17.5. The van der Waals surface area contributed by atoms with Gasteiger partial charge in [0.05, 0.1) is 32.1 Å². The zero-order chi connectivity index (χ0) is 46.1. The van der Waals surface area contributed by atoms with Crippen molar-refractivity contribution in [2.45, 2.75) is 76.0 Å². The average molecular weight is 939 g/mol. The highest BCUT2D eigenvalue weighted by atomic mass is 32.1. The van der Waals surface area contributed by atoms with Gasteiger partial charge in [0.1, 0.15) is 0 Å². The van der Waals surface area contributed by atoms with Gasteiger partial charge in [0, 0.05) is 53.1 Å². The number of benzene rings is 10. The van der Waals surface area contributed by atoms with Crippen LogP contribution in [0.1, 0.15) is 87.2 Å². The number of rotatable bonds is 8. The molecule has 2 aliphatic carbocycles. The number of hydrogen-bond acceptors (Lipinski definition) is 4. The van der Waals surface area contributed by atoms with Crippen molar-refractivity contribution in [1.82, 2.24) is 0 Å². The highest BCUT2D eigenvalue weighted by molar-refractivity contribution is 7.26. The topological polar surface area (TPSA) is 6.48 Å². The van der Waals surface area contributed by atoms with E-state index in [9.17, 15) is 0 Å². The molecule has 0 radical (unpaired) electrons. The molecule has 0 N–H and O–H groups in total. The normalized spacial score (nSPS) is 15.0. The highest BCUT2D eigenvalue weighted by Crippen LogP contribution is 2.53. The second-order valence-corrected chi connectivity index (χ2v) is 22.1. The van der Waals surface area contributed by atoms with Gasteiger partial charge in [0.15, 0.2) is 0 Å². The molecular weight excluding hydrogens is 885 g/mol. The molecule has 0 bridgehead atoms. The Hall–Kier alpha value is -6.98. The minimum Gasteiger partial charge on any atom is -0.308 e. The van der Waals surface area contributed by atoms with E-state index in [1.165, 1.54) is 182 Å². The van der Waals surface area contributed by atoms with Crippen LogP contribution in [0.25, 0.3) is 72.7 Å². The van der Waals surface area contributed by atoms with Crippen molar-refractivity contribution in [2.75, 3.05) is 9.80 Å². The molecule has 0 atom stereocenters. The molecule has 0 amide bonds.